The number of nitrogens with zero attached hydrogens (tertiary/aromatic N) is 1. The summed E-state index contributed by atoms with van der Waals surface area (Å²) in [6, 6.07) is 5.07. The standard InChI is InChI=1S/C21H29FN2O3/c1-14(2)17(15-8-10-16(22)11-9-15)18(19(25)24-12-6-7-13-24)23-20(26)27-21(3,4)5/h8-11,18H,6-7,12-13H2,1-5H3,(H,23,26). The molecule has 1 unspecified atom stereocenters. The Morgan fingerprint density at radius 2 is 1.67 bits per heavy atom. The molecule has 1 aromatic rings. The Bertz CT molecular complexity index is 710. The minimum atomic E-state index is -0.881. The molecule has 27 heavy (non-hydrogen) atoms. The van der Waals surface area contributed by atoms with Crippen LogP contribution in [-0.2, 0) is 9.53 Å². The van der Waals surface area contributed by atoms with Crippen molar-refractivity contribution in [3.05, 3.63) is 41.2 Å². The van der Waals surface area contributed by atoms with E-state index in [-0.39, 0.29) is 11.7 Å². The van der Waals surface area contributed by atoms with Crippen LogP contribution >= 0.6 is 0 Å². The van der Waals surface area contributed by atoms with Crippen LogP contribution < -0.4 is 5.32 Å². The third-order valence-electron chi connectivity index (χ3n) is 4.31. The van der Waals surface area contributed by atoms with E-state index in [1.165, 1.54) is 12.1 Å². The average Bonchev–Trinajstić information content (AvgIpc) is 3.07. The van der Waals surface area contributed by atoms with E-state index in [4.69, 9.17) is 4.74 Å². The normalized spacial score (nSPS) is 15.3. The summed E-state index contributed by atoms with van der Waals surface area (Å²) in [6.45, 7) is 10.4. The maximum absolute atomic E-state index is 13.4. The molecule has 1 aliphatic rings. The second-order valence-electron chi connectivity index (χ2n) is 8.03. The lowest BCUT2D eigenvalue weighted by molar-refractivity contribution is -0.130. The van der Waals surface area contributed by atoms with Crippen molar-refractivity contribution < 1.29 is 18.7 Å². The van der Waals surface area contributed by atoms with Crippen molar-refractivity contribution in [3.8, 4) is 0 Å². The fourth-order valence-electron chi connectivity index (χ4n) is 3.18. The first-order valence-electron chi connectivity index (χ1n) is 9.30. The van der Waals surface area contributed by atoms with Gasteiger partial charge in [0.05, 0.1) is 0 Å². The van der Waals surface area contributed by atoms with Crippen LogP contribution in [0.4, 0.5) is 9.18 Å². The molecule has 0 aliphatic carbocycles. The highest BCUT2D eigenvalue weighted by atomic mass is 19.1. The summed E-state index contributed by atoms with van der Waals surface area (Å²) >= 11 is 0. The van der Waals surface area contributed by atoms with Gasteiger partial charge in [0.25, 0.3) is 0 Å². The van der Waals surface area contributed by atoms with Crippen molar-refractivity contribution in [1.82, 2.24) is 10.2 Å². The largest absolute Gasteiger partial charge is 0.444 e. The molecule has 1 fully saturated rings. The number of carbonyl (C=O) groups excluding carboxylic acids is 2. The van der Waals surface area contributed by atoms with Crippen molar-refractivity contribution >= 4 is 17.6 Å². The van der Waals surface area contributed by atoms with Crippen molar-refractivity contribution in [3.63, 3.8) is 0 Å². The van der Waals surface area contributed by atoms with Gasteiger partial charge in [-0.15, -0.1) is 0 Å². The monoisotopic (exact) mass is 376 g/mol. The lowest BCUT2D eigenvalue weighted by Gasteiger charge is -2.28. The number of ether oxygens (including phenoxy) is 1. The van der Waals surface area contributed by atoms with Crippen molar-refractivity contribution in [1.29, 1.82) is 0 Å². The third-order valence-corrected chi connectivity index (χ3v) is 4.31. The van der Waals surface area contributed by atoms with Gasteiger partial charge in [-0.05, 0) is 70.7 Å². The Balaban J connectivity index is 2.39. The van der Waals surface area contributed by atoms with Gasteiger partial charge in [-0.1, -0.05) is 17.7 Å². The van der Waals surface area contributed by atoms with Crippen LogP contribution in [0.1, 0.15) is 53.0 Å². The lowest BCUT2D eigenvalue weighted by atomic mass is 9.93. The first-order valence-corrected chi connectivity index (χ1v) is 9.30. The summed E-state index contributed by atoms with van der Waals surface area (Å²) in [5, 5.41) is 2.74. The zero-order valence-corrected chi connectivity index (χ0v) is 16.8. The van der Waals surface area contributed by atoms with Crippen LogP contribution in [0.15, 0.2) is 29.8 Å². The fourth-order valence-corrected chi connectivity index (χ4v) is 3.18. The molecular formula is C21H29FN2O3. The number of amides is 2. The van der Waals surface area contributed by atoms with Gasteiger partial charge >= 0.3 is 6.09 Å². The van der Waals surface area contributed by atoms with E-state index in [1.807, 2.05) is 13.8 Å². The molecule has 5 nitrogen and oxygen atoms in total. The molecule has 1 aromatic carbocycles. The molecule has 1 heterocycles. The Labute approximate surface area is 160 Å². The SMILES string of the molecule is CC(C)=C(c1ccc(F)cc1)C(NC(=O)OC(C)(C)C)C(=O)N1CCCC1. The van der Waals surface area contributed by atoms with E-state index in [9.17, 15) is 14.0 Å². The third kappa shape index (κ3) is 5.81. The van der Waals surface area contributed by atoms with E-state index in [0.717, 1.165) is 18.4 Å². The van der Waals surface area contributed by atoms with Crippen LogP contribution in [0.3, 0.4) is 0 Å². The van der Waals surface area contributed by atoms with Gasteiger partial charge in [0.2, 0.25) is 5.91 Å². The summed E-state index contributed by atoms with van der Waals surface area (Å²) in [4.78, 5) is 27.4. The second-order valence-corrected chi connectivity index (χ2v) is 8.03. The fraction of sp³-hybridized carbons (Fsp3) is 0.524. The average molecular weight is 376 g/mol. The summed E-state index contributed by atoms with van der Waals surface area (Å²) in [5.74, 6) is -0.520. The molecule has 2 amide bonds. The smallest absolute Gasteiger partial charge is 0.408 e. The number of allylic oxidation sites excluding steroid dienone is 1. The number of nitrogens with one attached hydrogen (secondary N) is 1. The number of hydrogen-bond acceptors (Lipinski definition) is 3. The maximum atomic E-state index is 13.4. The van der Waals surface area contributed by atoms with E-state index in [0.29, 0.717) is 24.2 Å². The first-order chi connectivity index (χ1) is 12.6. The van der Waals surface area contributed by atoms with E-state index < -0.39 is 17.7 Å². The van der Waals surface area contributed by atoms with Crippen molar-refractivity contribution in [2.24, 2.45) is 0 Å². The van der Waals surface area contributed by atoms with Crippen molar-refractivity contribution in [2.75, 3.05) is 13.1 Å². The highest BCUT2D eigenvalue weighted by Gasteiger charge is 2.33. The molecule has 0 radical (unpaired) electrons. The Hall–Kier alpha value is -2.37. The molecule has 6 heteroatoms. The van der Waals surface area contributed by atoms with Crippen LogP contribution in [0.2, 0.25) is 0 Å². The zero-order valence-electron chi connectivity index (χ0n) is 16.8. The molecule has 1 saturated heterocycles. The quantitative estimate of drug-likeness (QED) is 0.859. The van der Waals surface area contributed by atoms with Gasteiger partial charge in [-0.25, -0.2) is 9.18 Å². The number of benzene rings is 1. The summed E-state index contributed by atoms with van der Waals surface area (Å²) in [7, 11) is 0. The number of halogens is 1. The molecule has 1 N–H and O–H groups in total. The Kier molecular flexibility index (Phi) is 6.63. The highest BCUT2D eigenvalue weighted by Crippen LogP contribution is 2.26. The Morgan fingerprint density at radius 3 is 2.15 bits per heavy atom. The second kappa shape index (κ2) is 8.55. The van der Waals surface area contributed by atoms with E-state index in [1.54, 1.807) is 37.8 Å². The number of likely N-dealkylation sites (tertiary alicyclic amines) is 1. The first kappa shape index (κ1) is 20.9. The number of alkyl carbamates (subject to hydrolysis) is 1. The van der Waals surface area contributed by atoms with Crippen LogP contribution in [0.25, 0.3) is 5.57 Å². The molecular weight excluding hydrogens is 347 g/mol. The van der Waals surface area contributed by atoms with Gasteiger partial charge in [0.1, 0.15) is 17.5 Å². The highest BCUT2D eigenvalue weighted by molar-refractivity contribution is 5.99. The minimum absolute atomic E-state index is 0.168. The van der Waals surface area contributed by atoms with Gasteiger partial charge < -0.3 is 15.0 Å². The van der Waals surface area contributed by atoms with Gasteiger partial charge in [-0.2, -0.15) is 0 Å². The van der Waals surface area contributed by atoms with Gasteiger partial charge in [0, 0.05) is 13.1 Å². The molecule has 1 aliphatic heterocycles. The Morgan fingerprint density at radius 1 is 1.11 bits per heavy atom. The van der Waals surface area contributed by atoms with Gasteiger partial charge in [-0.3, -0.25) is 4.79 Å². The summed E-state index contributed by atoms with van der Waals surface area (Å²) < 4.78 is 18.7. The predicted octanol–water partition coefficient (Wildman–Crippen LogP) is 4.13. The maximum Gasteiger partial charge on any atom is 0.408 e. The van der Waals surface area contributed by atoms with Crippen molar-refractivity contribution in [2.45, 2.75) is 59.1 Å². The molecule has 148 valence electrons. The van der Waals surface area contributed by atoms with Crippen LogP contribution in [0.5, 0.6) is 0 Å². The summed E-state index contributed by atoms with van der Waals surface area (Å²) in [5.41, 5.74) is 1.56. The number of hydrogen-bond donors (Lipinski definition) is 1. The molecule has 0 saturated carbocycles. The predicted molar refractivity (Wildman–Crippen MR) is 104 cm³/mol. The lowest BCUT2D eigenvalue weighted by Crippen LogP contribution is -2.49. The number of carbonyl (C=O) groups is 2. The molecule has 0 spiro atoms. The topological polar surface area (TPSA) is 58.6 Å². The van der Waals surface area contributed by atoms with Gasteiger partial charge in [0.15, 0.2) is 0 Å². The van der Waals surface area contributed by atoms with E-state index in [2.05, 4.69) is 5.32 Å². The zero-order chi connectivity index (χ0) is 20.2. The van der Waals surface area contributed by atoms with Crippen LogP contribution in [-0.4, -0.2) is 41.6 Å². The molecule has 0 aromatic heterocycles. The molecule has 2 rings (SSSR count). The van der Waals surface area contributed by atoms with E-state index >= 15 is 0 Å². The molecule has 1 atom stereocenters. The number of rotatable bonds is 4. The van der Waals surface area contributed by atoms with Crippen LogP contribution in [0, 0.1) is 5.82 Å². The minimum Gasteiger partial charge on any atom is -0.444 e. The summed E-state index contributed by atoms with van der Waals surface area (Å²) in [6.07, 6.45) is 1.25. The molecule has 0 bridgehead atoms.